The number of ether oxygens (including phenoxy) is 2. The van der Waals surface area contributed by atoms with E-state index in [9.17, 15) is 8.42 Å². The van der Waals surface area contributed by atoms with Crippen LogP contribution < -0.4 is 14.8 Å². The van der Waals surface area contributed by atoms with Gasteiger partial charge in [0.05, 0.1) is 20.0 Å². The lowest BCUT2D eigenvalue weighted by atomic mass is 10.1. The van der Waals surface area contributed by atoms with Crippen molar-refractivity contribution in [3.63, 3.8) is 0 Å². The van der Waals surface area contributed by atoms with Gasteiger partial charge < -0.3 is 14.8 Å². The van der Waals surface area contributed by atoms with Gasteiger partial charge in [0.15, 0.2) is 11.5 Å². The maximum atomic E-state index is 11.1. The Bertz CT molecular complexity index is 528. The molecule has 1 unspecified atom stereocenters. The second-order valence-electron chi connectivity index (χ2n) is 4.88. The van der Waals surface area contributed by atoms with Crippen LogP contribution in [0.3, 0.4) is 0 Å². The van der Waals surface area contributed by atoms with Gasteiger partial charge in [-0.05, 0) is 31.0 Å². The van der Waals surface area contributed by atoms with Gasteiger partial charge in [-0.15, -0.1) is 0 Å². The molecule has 0 saturated heterocycles. The number of methoxy groups -OCH3 is 2. The Balaban J connectivity index is 2.55. The van der Waals surface area contributed by atoms with Gasteiger partial charge in [0, 0.05) is 18.8 Å². The second kappa shape index (κ2) is 7.50. The number of nitrogens with one attached hydrogen (secondary N) is 1. The van der Waals surface area contributed by atoms with Gasteiger partial charge >= 0.3 is 0 Å². The molecule has 0 aliphatic rings. The number of hydrogen-bond acceptors (Lipinski definition) is 5. The first kappa shape index (κ1) is 16.8. The smallest absolute Gasteiger partial charge is 0.160 e. The Hall–Kier alpha value is -1.27. The van der Waals surface area contributed by atoms with Crippen molar-refractivity contribution in [2.45, 2.75) is 19.4 Å². The van der Waals surface area contributed by atoms with Crippen LogP contribution in [-0.4, -0.2) is 47.2 Å². The van der Waals surface area contributed by atoms with Gasteiger partial charge in [-0.25, -0.2) is 8.42 Å². The van der Waals surface area contributed by atoms with Crippen molar-refractivity contribution >= 4 is 9.84 Å². The molecule has 0 amide bonds. The van der Waals surface area contributed by atoms with E-state index in [2.05, 4.69) is 5.32 Å². The minimum atomic E-state index is -2.91. The maximum Gasteiger partial charge on any atom is 0.160 e. The second-order valence-corrected chi connectivity index (χ2v) is 7.14. The molecule has 0 radical (unpaired) electrons. The summed E-state index contributed by atoms with van der Waals surface area (Å²) in [5, 5.41) is 3.20. The molecule has 0 aliphatic carbocycles. The number of sulfone groups is 1. The Morgan fingerprint density at radius 2 is 1.85 bits per heavy atom. The molecule has 1 atom stereocenters. The monoisotopic (exact) mass is 301 g/mol. The zero-order chi connectivity index (χ0) is 15.2. The maximum absolute atomic E-state index is 11.1. The lowest BCUT2D eigenvalue weighted by Crippen LogP contribution is -2.32. The molecule has 0 aromatic heterocycles. The van der Waals surface area contributed by atoms with E-state index < -0.39 is 9.84 Å². The van der Waals surface area contributed by atoms with E-state index in [1.54, 1.807) is 14.2 Å². The van der Waals surface area contributed by atoms with Gasteiger partial charge in [0.25, 0.3) is 0 Å². The first-order valence-corrected chi connectivity index (χ1v) is 8.53. The predicted octanol–water partition coefficient (Wildman–Crippen LogP) is 1.27. The van der Waals surface area contributed by atoms with Gasteiger partial charge in [0.1, 0.15) is 9.84 Å². The molecule has 0 fully saturated rings. The van der Waals surface area contributed by atoms with Crippen molar-refractivity contribution in [2.24, 2.45) is 0 Å². The number of rotatable bonds is 8. The molecule has 0 aliphatic heterocycles. The summed E-state index contributed by atoms with van der Waals surface area (Å²) in [6.45, 7) is 2.49. The molecule has 1 aromatic rings. The highest BCUT2D eigenvalue weighted by atomic mass is 32.2. The molecular formula is C14H23NO4S. The first-order chi connectivity index (χ1) is 9.35. The van der Waals surface area contributed by atoms with Crippen molar-refractivity contribution in [3.8, 4) is 11.5 Å². The SMILES string of the molecule is COc1ccc(CC(C)NCCS(C)(=O)=O)cc1OC. The van der Waals surface area contributed by atoms with E-state index >= 15 is 0 Å². The summed E-state index contributed by atoms with van der Waals surface area (Å²) in [7, 11) is 0.299. The molecule has 0 heterocycles. The summed E-state index contributed by atoms with van der Waals surface area (Å²) < 4.78 is 32.6. The topological polar surface area (TPSA) is 64.6 Å². The van der Waals surface area contributed by atoms with E-state index in [0.717, 1.165) is 12.0 Å². The zero-order valence-corrected chi connectivity index (χ0v) is 13.3. The number of benzene rings is 1. The Morgan fingerprint density at radius 3 is 2.40 bits per heavy atom. The van der Waals surface area contributed by atoms with E-state index in [0.29, 0.717) is 18.0 Å². The molecule has 0 bridgehead atoms. The van der Waals surface area contributed by atoms with Crippen LogP contribution in [0.1, 0.15) is 12.5 Å². The van der Waals surface area contributed by atoms with Crippen molar-refractivity contribution in [3.05, 3.63) is 23.8 Å². The van der Waals surface area contributed by atoms with Crippen LogP contribution in [0, 0.1) is 0 Å². The molecule has 1 rings (SSSR count). The first-order valence-electron chi connectivity index (χ1n) is 6.47. The van der Waals surface area contributed by atoms with Crippen molar-refractivity contribution in [1.82, 2.24) is 5.32 Å². The standard InChI is InChI=1S/C14H23NO4S/c1-11(15-7-8-20(4,16)17)9-12-5-6-13(18-2)14(10-12)19-3/h5-6,10-11,15H,7-9H2,1-4H3. The third-order valence-corrected chi connectivity index (χ3v) is 3.90. The van der Waals surface area contributed by atoms with Crippen LogP contribution in [0.4, 0.5) is 0 Å². The summed E-state index contributed by atoms with van der Waals surface area (Å²) in [5.41, 5.74) is 1.11. The highest BCUT2D eigenvalue weighted by molar-refractivity contribution is 7.90. The third-order valence-electron chi connectivity index (χ3n) is 2.96. The molecule has 1 N–H and O–H groups in total. The average molecular weight is 301 g/mol. The van der Waals surface area contributed by atoms with Crippen LogP contribution >= 0.6 is 0 Å². The average Bonchev–Trinajstić information content (AvgIpc) is 2.37. The highest BCUT2D eigenvalue weighted by Gasteiger charge is 2.09. The molecule has 0 spiro atoms. The van der Waals surface area contributed by atoms with Gasteiger partial charge in [-0.1, -0.05) is 6.07 Å². The van der Waals surface area contributed by atoms with Crippen molar-refractivity contribution in [2.75, 3.05) is 32.8 Å². The van der Waals surface area contributed by atoms with Crippen molar-refractivity contribution < 1.29 is 17.9 Å². The van der Waals surface area contributed by atoms with E-state index in [1.165, 1.54) is 6.26 Å². The van der Waals surface area contributed by atoms with Gasteiger partial charge in [0.2, 0.25) is 0 Å². The molecule has 114 valence electrons. The van der Waals surface area contributed by atoms with Crippen molar-refractivity contribution in [1.29, 1.82) is 0 Å². The highest BCUT2D eigenvalue weighted by Crippen LogP contribution is 2.27. The minimum Gasteiger partial charge on any atom is -0.493 e. The predicted molar refractivity (Wildman–Crippen MR) is 80.4 cm³/mol. The fraction of sp³-hybridized carbons (Fsp3) is 0.571. The van der Waals surface area contributed by atoms with Gasteiger partial charge in [-0.3, -0.25) is 0 Å². The summed E-state index contributed by atoms with van der Waals surface area (Å²) in [6, 6.07) is 5.98. The summed E-state index contributed by atoms with van der Waals surface area (Å²) in [6.07, 6.45) is 2.04. The fourth-order valence-electron chi connectivity index (χ4n) is 1.92. The quantitative estimate of drug-likeness (QED) is 0.783. The zero-order valence-electron chi connectivity index (χ0n) is 12.5. The molecular weight excluding hydrogens is 278 g/mol. The summed E-state index contributed by atoms with van der Waals surface area (Å²) >= 11 is 0. The van der Waals surface area contributed by atoms with E-state index in [1.807, 2.05) is 25.1 Å². The number of hydrogen-bond donors (Lipinski definition) is 1. The van der Waals surface area contributed by atoms with Crippen LogP contribution in [0.15, 0.2) is 18.2 Å². The Labute approximate surface area is 121 Å². The van der Waals surface area contributed by atoms with Gasteiger partial charge in [-0.2, -0.15) is 0 Å². The van der Waals surface area contributed by atoms with E-state index in [-0.39, 0.29) is 11.8 Å². The Morgan fingerprint density at radius 1 is 1.20 bits per heavy atom. The molecule has 5 nitrogen and oxygen atoms in total. The lowest BCUT2D eigenvalue weighted by Gasteiger charge is -2.15. The van der Waals surface area contributed by atoms with Crippen LogP contribution in [-0.2, 0) is 16.3 Å². The molecule has 20 heavy (non-hydrogen) atoms. The summed E-state index contributed by atoms with van der Waals surface area (Å²) in [5.74, 6) is 1.56. The van der Waals surface area contributed by atoms with Crippen LogP contribution in [0.5, 0.6) is 11.5 Å². The summed E-state index contributed by atoms with van der Waals surface area (Å²) in [4.78, 5) is 0. The normalized spacial score (nSPS) is 13.0. The van der Waals surface area contributed by atoms with Crippen LogP contribution in [0.2, 0.25) is 0 Å². The largest absolute Gasteiger partial charge is 0.493 e. The fourth-order valence-corrected chi connectivity index (χ4v) is 2.41. The lowest BCUT2D eigenvalue weighted by molar-refractivity contribution is 0.354. The minimum absolute atomic E-state index is 0.156. The molecule has 1 aromatic carbocycles. The van der Waals surface area contributed by atoms with Crippen LogP contribution in [0.25, 0.3) is 0 Å². The third kappa shape index (κ3) is 5.79. The van der Waals surface area contributed by atoms with E-state index in [4.69, 9.17) is 9.47 Å². The Kier molecular flexibility index (Phi) is 6.29. The molecule has 6 heteroatoms. The molecule has 0 saturated carbocycles.